The molecule has 0 spiro atoms. The quantitative estimate of drug-likeness (QED) is 0.449. The predicted molar refractivity (Wildman–Crippen MR) is 136 cm³/mol. The van der Waals surface area contributed by atoms with E-state index in [-0.39, 0.29) is 5.56 Å². The standard InChI is InChI=1S/C26H25ClN2O5S/c1-5-18-21(25(31)33-4)22(16-10-8-7-9-11-16)29-24(30)20(35-26(29)28-18)14-15-12-17(27)23(32-3)19(13-15)34-6-2/h7-14,22H,5-6H2,1-4H3/b20-14-/t22-/m1/s1. The Kier molecular flexibility index (Phi) is 7.42. The largest absolute Gasteiger partial charge is 0.491 e. The average molecular weight is 513 g/mol. The van der Waals surface area contributed by atoms with Gasteiger partial charge in [0.2, 0.25) is 0 Å². The molecule has 0 unspecified atom stereocenters. The van der Waals surface area contributed by atoms with Gasteiger partial charge in [0, 0.05) is 0 Å². The first-order valence-electron chi connectivity index (χ1n) is 11.1. The molecule has 0 amide bonds. The maximum Gasteiger partial charge on any atom is 0.338 e. The van der Waals surface area contributed by atoms with Crippen LogP contribution in [0.3, 0.4) is 0 Å². The van der Waals surface area contributed by atoms with Crippen molar-refractivity contribution in [1.29, 1.82) is 0 Å². The summed E-state index contributed by atoms with van der Waals surface area (Å²) in [5, 5.41) is 0.376. The van der Waals surface area contributed by atoms with Crippen LogP contribution in [-0.4, -0.2) is 31.4 Å². The molecule has 0 radical (unpaired) electrons. The van der Waals surface area contributed by atoms with E-state index in [0.29, 0.717) is 55.7 Å². The summed E-state index contributed by atoms with van der Waals surface area (Å²) < 4.78 is 18.1. The summed E-state index contributed by atoms with van der Waals surface area (Å²) >= 11 is 7.66. The molecule has 0 aliphatic carbocycles. The first kappa shape index (κ1) is 24.8. The number of fused-ring (bicyclic) bond motifs is 1. The van der Waals surface area contributed by atoms with Crippen molar-refractivity contribution in [2.75, 3.05) is 20.8 Å². The van der Waals surface area contributed by atoms with E-state index >= 15 is 0 Å². The third-order valence-electron chi connectivity index (χ3n) is 5.60. The van der Waals surface area contributed by atoms with Crippen molar-refractivity contribution in [3.8, 4) is 11.5 Å². The Labute approximate surface area is 211 Å². The topological polar surface area (TPSA) is 79.1 Å². The molecule has 2 aromatic carbocycles. The van der Waals surface area contributed by atoms with Crippen LogP contribution in [0, 0.1) is 0 Å². The lowest BCUT2D eigenvalue weighted by molar-refractivity contribution is -0.136. The number of nitrogens with zero attached hydrogens (tertiary/aromatic N) is 2. The maximum absolute atomic E-state index is 13.7. The summed E-state index contributed by atoms with van der Waals surface area (Å²) in [6, 6.07) is 12.3. The van der Waals surface area contributed by atoms with Gasteiger partial charge in [-0.05, 0) is 42.7 Å². The predicted octanol–water partition coefficient (Wildman–Crippen LogP) is 3.86. The van der Waals surface area contributed by atoms with Gasteiger partial charge in [-0.15, -0.1) is 0 Å². The molecule has 35 heavy (non-hydrogen) atoms. The minimum Gasteiger partial charge on any atom is -0.491 e. The van der Waals surface area contributed by atoms with Crippen LogP contribution in [0.15, 0.2) is 63.5 Å². The number of carbonyl (C=O) groups excluding carboxylic acids is 1. The van der Waals surface area contributed by atoms with Gasteiger partial charge in [-0.2, -0.15) is 0 Å². The van der Waals surface area contributed by atoms with Crippen molar-refractivity contribution in [3.63, 3.8) is 0 Å². The number of halogens is 1. The number of methoxy groups -OCH3 is 2. The molecule has 1 aromatic heterocycles. The summed E-state index contributed by atoms with van der Waals surface area (Å²) in [6.45, 7) is 4.23. The van der Waals surface area contributed by atoms with Crippen molar-refractivity contribution in [2.24, 2.45) is 4.99 Å². The number of allylic oxidation sites excluding steroid dienone is 1. The highest BCUT2D eigenvalue weighted by atomic mass is 35.5. The second-order valence-electron chi connectivity index (χ2n) is 7.67. The van der Waals surface area contributed by atoms with Crippen molar-refractivity contribution in [1.82, 2.24) is 4.57 Å². The van der Waals surface area contributed by atoms with Gasteiger partial charge in [-0.25, -0.2) is 9.79 Å². The van der Waals surface area contributed by atoms with E-state index in [4.69, 9.17) is 25.8 Å². The van der Waals surface area contributed by atoms with Crippen molar-refractivity contribution >= 4 is 35.0 Å². The Hall–Kier alpha value is -3.36. The molecule has 182 valence electrons. The molecule has 2 heterocycles. The monoisotopic (exact) mass is 512 g/mol. The van der Waals surface area contributed by atoms with Crippen LogP contribution in [0.1, 0.15) is 37.4 Å². The number of aromatic nitrogens is 1. The van der Waals surface area contributed by atoms with Crippen molar-refractivity contribution < 1.29 is 19.0 Å². The van der Waals surface area contributed by atoms with Gasteiger partial charge in [0.15, 0.2) is 16.3 Å². The fourth-order valence-corrected chi connectivity index (χ4v) is 5.41. The normalized spacial score (nSPS) is 15.5. The lowest BCUT2D eigenvalue weighted by Crippen LogP contribution is -2.40. The highest BCUT2D eigenvalue weighted by molar-refractivity contribution is 7.07. The third kappa shape index (κ3) is 4.63. The van der Waals surface area contributed by atoms with E-state index in [1.165, 1.54) is 25.6 Å². The Morgan fingerprint density at radius 3 is 2.57 bits per heavy atom. The third-order valence-corrected chi connectivity index (χ3v) is 6.86. The zero-order valence-electron chi connectivity index (χ0n) is 19.8. The number of ether oxygens (including phenoxy) is 3. The minimum atomic E-state index is -0.643. The maximum atomic E-state index is 13.7. The number of hydrogen-bond donors (Lipinski definition) is 0. The summed E-state index contributed by atoms with van der Waals surface area (Å²) in [6.07, 6.45) is 2.26. The molecular weight excluding hydrogens is 488 g/mol. The Bertz CT molecular complexity index is 1470. The number of hydrogen-bond acceptors (Lipinski definition) is 7. The number of esters is 1. The molecule has 0 bridgehead atoms. The van der Waals surface area contributed by atoms with Crippen molar-refractivity contribution in [2.45, 2.75) is 26.3 Å². The number of benzene rings is 2. The molecule has 1 aliphatic heterocycles. The molecular formula is C26H25ClN2O5S. The zero-order valence-corrected chi connectivity index (χ0v) is 21.4. The van der Waals surface area contributed by atoms with Gasteiger partial charge in [-0.3, -0.25) is 9.36 Å². The molecule has 7 nitrogen and oxygen atoms in total. The minimum absolute atomic E-state index is 0.260. The number of thiazole rings is 1. The summed E-state index contributed by atoms with van der Waals surface area (Å²) in [5.74, 6) is 0.425. The van der Waals surface area contributed by atoms with Gasteiger partial charge in [0.05, 0.1) is 47.7 Å². The summed E-state index contributed by atoms with van der Waals surface area (Å²) in [4.78, 5) is 31.7. The Morgan fingerprint density at radius 1 is 1.20 bits per heavy atom. The molecule has 9 heteroatoms. The highest BCUT2D eigenvalue weighted by Gasteiger charge is 2.33. The Balaban J connectivity index is 1.96. The fraction of sp³-hybridized carbons (Fsp3) is 0.269. The molecule has 3 aromatic rings. The SMILES string of the molecule is CCOc1cc(/C=c2\sc3n(c2=O)[C@H](c2ccccc2)C(C(=O)OC)=C(CC)N=3)cc(Cl)c1OC. The van der Waals surface area contributed by atoms with Crippen LogP contribution in [0.4, 0.5) is 0 Å². The second kappa shape index (κ2) is 10.5. The van der Waals surface area contributed by atoms with E-state index in [1.807, 2.05) is 44.2 Å². The zero-order chi connectivity index (χ0) is 25.1. The first-order chi connectivity index (χ1) is 16.9. The summed E-state index contributed by atoms with van der Waals surface area (Å²) in [7, 11) is 2.86. The lowest BCUT2D eigenvalue weighted by atomic mass is 9.95. The van der Waals surface area contributed by atoms with Crippen molar-refractivity contribution in [3.05, 3.63) is 89.6 Å². The van der Waals surface area contributed by atoms with E-state index < -0.39 is 12.0 Å². The average Bonchev–Trinajstić information content (AvgIpc) is 3.17. The van der Waals surface area contributed by atoms with Crippen LogP contribution in [0.5, 0.6) is 11.5 Å². The Morgan fingerprint density at radius 2 is 1.94 bits per heavy atom. The summed E-state index contributed by atoms with van der Waals surface area (Å²) in [5.41, 5.74) is 2.19. The highest BCUT2D eigenvalue weighted by Crippen LogP contribution is 2.36. The van der Waals surface area contributed by atoms with Crippen LogP contribution < -0.4 is 24.4 Å². The molecule has 0 N–H and O–H groups in total. The molecule has 1 aliphatic rings. The van der Waals surface area contributed by atoms with Crippen LogP contribution in [0.2, 0.25) is 5.02 Å². The molecule has 0 saturated carbocycles. The van der Waals surface area contributed by atoms with Crippen LogP contribution in [-0.2, 0) is 9.53 Å². The molecule has 1 atom stereocenters. The fourth-order valence-electron chi connectivity index (χ4n) is 4.10. The second-order valence-corrected chi connectivity index (χ2v) is 9.08. The smallest absolute Gasteiger partial charge is 0.338 e. The number of carbonyl (C=O) groups is 1. The van der Waals surface area contributed by atoms with Gasteiger partial charge in [0.1, 0.15) is 0 Å². The van der Waals surface area contributed by atoms with E-state index in [1.54, 1.807) is 22.8 Å². The molecule has 0 saturated heterocycles. The molecule has 0 fully saturated rings. The van der Waals surface area contributed by atoms with E-state index in [0.717, 1.165) is 5.56 Å². The van der Waals surface area contributed by atoms with E-state index in [2.05, 4.69) is 4.99 Å². The number of rotatable bonds is 7. The van der Waals surface area contributed by atoms with E-state index in [9.17, 15) is 9.59 Å². The van der Waals surface area contributed by atoms with Crippen LogP contribution >= 0.6 is 22.9 Å². The van der Waals surface area contributed by atoms with Gasteiger partial charge >= 0.3 is 5.97 Å². The van der Waals surface area contributed by atoms with Gasteiger partial charge in [0.25, 0.3) is 5.56 Å². The lowest BCUT2D eigenvalue weighted by Gasteiger charge is -2.25. The first-order valence-corrected chi connectivity index (χ1v) is 12.3. The van der Waals surface area contributed by atoms with Crippen LogP contribution in [0.25, 0.3) is 6.08 Å². The van der Waals surface area contributed by atoms with Gasteiger partial charge < -0.3 is 14.2 Å². The van der Waals surface area contributed by atoms with Gasteiger partial charge in [-0.1, -0.05) is 60.2 Å². The molecule has 4 rings (SSSR count).